The van der Waals surface area contributed by atoms with E-state index in [-0.39, 0.29) is 5.91 Å². The van der Waals surface area contributed by atoms with Crippen LogP contribution in [0.25, 0.3) is 0 Å². The number of nitrogens with one attached hydrogen (secondary N) is 1. The third kappa shape index (κ3) is 5.82. The molecule has 3 N–H and O–H groups in total. The molecule has 18 heavy (non-hydrogen) atoms. The molecule has 1 aromatic rings. The van der Waals surface area contributed by atoms with Gasteiger partial charge in [0.25, 0.3) is 0 Å². The van der Waals surface area contributed by atoms with E-state index in [0.29, 0.717) is 25.4 Å². The van der Waals surface area contributed by atoms with E-state index in [1.165, 1.54) is 6.26 Å². The van der Waals surface area contributed by atoms with E-state index in [2.05, 4.69) is 17.4 Å². The highest BCUT2D eigenvalue weighted by atomic mass is 16.5. The van der Waals surface area contributed by atoms with Gasteiger partial charge in [-0.15, -0.1) is 0 Å². The molecule has 0 saturated carbocycles. The minimum Gasteiger partial charge on any atom is -0.364 e. The van der Waals surface area contributed by atoms with Crippen molar-refractivity contribution in [2.75, 3.05) is 6.54 Å². The average Bonchev–Trinajstić information content (AvgIpc) is 2.87. The van der Waals surface area contributed by atoms with Crippen LogP contribution in [0.15, 0.2) is 16.9 Å². The van der Waals surface area contributed by atoms with Gasteiger partial charge < -0.3 is 15.6 Å². The second-order valence-corrected chi connectivity index (χ2v) is 4.54. The molecule has 0 aliphatic carbocycles. The molecule has 1 atom stereocenters. The van der Waals surface area contributed by atoms with Gasteiger partial charge in [-0.1, -0.05) is 24.9 Å². The van der Waals surface area contributed by atoms with E-state index < -0.39 is 0 Å². The number of hydrogen-bond donors (Lipinski definition) is 2. The smallest absolute Gasteiger partial charge is 0.220 e. The number of rotatable bonds is 9. The van der Waals surface area contributed by atoms with E-state index in [1.54, 1.807) is 6.07 Å². The Labute approximate surface area is 108 Å². The molecular formula is C13H23N3O2. The van der Waals surface area contributed by atoms with Crippen molar-refractivity contribution in [2.24, 2.45) is 11.7 Å². The lowest BCUT2D eigenvalue weighted by Crippen LogP contribution is -2.23. The Balaban J connectivity index is 2.18. The minimum absolute atomic E-state index is 0.0659. The van der Waals surface area contributed by atoms with Gasteiger partial charge in [0.1, 0.15) is 12.0 Å². The number of hydrogen-bond acceptors (Lipinski definition) is 4. The summed E-state index contributed by atoms with van der Waals surface area (Å²) in [5.74, 6) is 0.633. The lowest BCUT2D eigenvalue weighted by Gasteiger charge is -2.14. The highest BCUT2D eigenvalue weighted by molar-refractivity contribution is 5.75. The van der Waals surface area contributed by atoms with E-state index in [9.17, 15) is 4.79 Å². The zero-order valence-corrected chi connectivity index (χ0v) is 11.0. The fourth-order valence-electron chi connectivity index (χ4n) is 2.02. The van der Waals surface area contributed by atoms with Crippen molar-refractivity contribution in [3.63, 3.8) is 0 Å². The molecule has 5 nitrogen and oxygen atoms in total. The van der Waals surface area contributed by atoms with Gasteiger partial charge in [0.2, 0.25) is 5.91 Å². The molecule has 5 heteroatoms. The average molecular weight is 253 g/mol. The summed E-state index contributed by atoms with van der Waals surface area (Å²) in [5, 5.41) is 6.57. The van der Waals surface area contributed by atoms with Crippen molar-refractivity contribution >= 4 is 5.91 Å². The van der Waals surface area contributed by atoms with Gasteiger partial charge in [-0.2, -0.15) is 0 Å². The molecule has 1 rings (SSSR count). The summed E-state index contributed by atoms with van der Waals surface area (Å²) in [4.78, 5) is 11.7. The Morgan fingerprint density at radius 3 is 2.94 bits per heavy atom. The van der Waals surface area contributed by atoms with Crippen LogP contribution < -0.4 is 11.1 Å². The monoisotopic (exact) mass is 253 g/mol. The Bertz CT molecular complexity index is 319. The molecule has 0 aromatic carbocycles. The summed E-state index contributed by atoms with van der Waals surface area (Å²) in [6.45, 7) is 3.30. The van der Waals surface area contributed by atoms with Crippen molar-refractivity contribution in [2.45, 2.75) is 45.6 Å². The third-order valence-corrected chi connectivity index (χ3v) is 3.01. The maximum atomic E-state index is 11.7. The van der Waals surface area contributed by atoms with Crippen LogP contribution in [0.3, 0.4) is 0 Å². The van der Waals surface area contributed by atoms with Crippen molar-refractivity contribution in [1.82, 2.24) is 10.5 Å². The summed E-state index contributed by atoms with van der Waals surface area (Å²) in [7, 11) is 0. The summed E-state index contributed by atoms with van der Waals surface area (Å²) in [5.41, 5.74) is 6.32. The van der Waals surface area contributed by atoms with Gasteiger partial charge in [0, 0.05) is 12.5 Å². The van der Waals surface area contributed by atoms with Crippen LogP contribution in [0.4, 0.5) is 0 Å². The van der Waals surface area contributed by atoms with Crippen LogP contribution in [0.5, 0.6) is 0 Å². The summed E-state index contributed by atoms with van der Waals surface area (Å²) < 4.78 is 4.69. The molecule has 1 unspecified atom stereocenters. The topological polar surface area (TPSA) is 81.2 Å². The predicted molar refractivity (Wildman–Crippen MR) is 69.7 cm³/mol. The van der Waals surface area contributed by atoms with E-state index in [1.807, 2.05) is 0 Å². The maximum Gasteiger partial charge on any atom is 0.220 e. The SMILES string of the molecule is CCCC(CCN)CCC(=O)NCc1ccon1. The molecule has 0 spiro atoms. The maximum absolute atomic E-state index is 11.7. The molecule has 102 valence electrons. The number of nitrogens with zero attached hydrogens (tertiary/aromatic N) is 1. The molecule has 1 amide bonds. The van der Waals surface area contributed by atoms with Crippen molar-refractivity contribution in [1.29, 1.82) is 0 Å². The largest absolute Gasteiger partial charge is 0.364 e. The van der Waals surface area contributed by atoms with Crippen LogP contribution in [0, 0.1) is 5.92 Å². The highest BCUT2D eigenvalue weighted by Gasteiger charge is 2.10. The fourth-order valence-corrected chi connectivity index (χ4v) is 2.02. The first-order chi connectivity index (χ1) is 8.76. The van der Waals surface area contributed by atoms with Crippen molar-refractivity contribution in [3.8, 4) is 0 Å². The van der Waals surface area contributed by atoms with Gasteiger partial charge in [-0.05, 0) is 25.3 Å². The Kier molecular flexibility index (Phi) is 7.10. The van der Waals surface area contributed by atoms with Crippen LogP contribution in [-0.2, 0) is 11.3 Å². The highest BCUT2D eigenvalue weighted by Crippen LogP contribution is 2.16. The molecule has 0 fully saturated rings. The first kappa shape index (κ1) is 14.7. The molecule has 1 aromatic heterocycles. The minimum atomic E-state index is 0.0659. The number of amides is 1. The molecule has 0 aliphatic heterocycles. The first-order valence-corrected chi connectivity index (χ1v) is 6.62. The Morgan fingerprint density at radius 2 is 2.33 bits per heavy atom. The summed E-state index contributed by atoms with van der Waals surface area (Å²) >= 11 is 0. The first-order valence-electron chi connectivity index (χ1n) is 6.62. The predicted octanol–water partition coefficient (Wildman–Crippen LogP) is 1.84. The molecule has 0 saturated heterocycles. The van der Waals surface area contributed by atoms with Gasteiger partial charge >= 0.3 is 0 Å². The normalized spacial score (nSPS) is 12.3. The van der Waals surface area contributed by atoms with Gasteiger partial charge in [0.05, 0.1) is 6.54 Å². The lowest BCUT2D eigenvalue weighted by atomic mass is 9.94. The van der Waals surface area contributed by atoms with Crippen LogP contribution >= 0.6 is 0 Å². The quantitative estimate of drug-likeness (QED) is 0.703. The van der Waals surface area contributed by atoms with Crippen LogP contribution in [0.2, 0.25) is 0 Å². The van der Waals surface area contributed by atoms with Crippen molar-refractivity contribution < 1.29 is 9.32 Å². The Morgan fingerprint density at radius 1 is 1.50 bits per heavy atom. The summed E-state index contributed by atoms with van der Waals surface area (Å²) in [6, 6.07) is 1.74. The second kappa shape index (κ2) is 8.69. The number of aromatic nitrogens is 1. The van der Waals surface area contributed by atoms with Crippen molar-refractivity contribution in [3.05, 3.63) is 18.0 Å². The van der Waals surface area contributed by atoms with E-state index >= 15 is 0 Å². The molecule has 0 radical (unpaired) electrons. The zero-order valence-electron chi connectivity index (χ0n) is 11.0. The Hall–Kier alpha value is -1.36. The number of carbonyl (C=O) groups is 1. The number of nitrogens with two attached hydrogens (primary N) is 1. The molecule has 0 aliphatic rings. The molecular weight excluding hydrogens is 230 g/mol. The molecule has 0 bridgehead atoms. The zero-order chi connectivity index (χ0) is 13.2. The standard InChI is InChI=1S/C13H23N3O2/c1-2-3-11(6-8-14)4-5-13(17)15-10-12-7-9-18-16-12/h7,9,11H,2-6,8,10,14H2,1H3,(H,15,17). The number of carbonyl (C=O) groups excluding carboxylic acids is 1. The summed E-state index contributed by atoms with van der Waals surface area (Å²) in [6.07, 6.45) is 6.27. The van der Waals surface area contributed by atoms with Crippen LogP contribution in [-0.4, -0.2) is 17.6 Å². The second-order valence-electron chi connectivity index (χ2n) is 4.54. The third-order valence-electron chi connectivity index (χ3n) is 3.01. The lowest BCUT2D eigenvalue weighted by molar-refractivity contribution is -0.121. The fraction of sp³-hybridized carbons (Fsp3) is 0.692. The van der Waals surface area contributed by atoms with Gasteiger partial charge in [0.15, 0.2) is 0 Å². The van der Waals surface area contributed by atoms with Gasteiger partial charge in [-0.3, -0.25) is 4.79 Å². The molecule has 1 heterocycles. The van der Waals surface area contributed by atoms with Crippen LogP contribution in [0.1, 0.15) is 44.7 Å². The van der Waals surface area contributed by atoms with Gasteiger partial charge in [-0.25, -0.2) is 0 Å². The van der Waals surface area contributed by atoms with E-state index in [0.717, 1.165) is 31.4 Å². The van der Waals surface area contributed by atoms with E-state index in [4.69, 9.17) is 10.3 Å².